The summed E-state index contributed by atoms with van der Waals surface area (Å²) in [5.41, 5.74) is 0.925. The molecule has 0 fully saturated rings. The van der Waals surface area contributed by atoms with Gasteiger partial charge in [-0.2, -0.15) is 0 Å². The SMILES string of the molecule is CC(=O)C(C)OC(C)C.CC(=O)C(CC(=O)O)OC(C)C.CC(=O)C(OC(C)C)c1ccccc1. The lowest BCUT2D eigenvalue weighted by atomic mass is 10.1. The van der Waals surface area contributed by atoms with Crippen molar-refractivity contribution < 1.29 is 38.5 Å². The summed E-state index contributed by atoms with van der Waals surface area (Å²) in [5.74, 6) is -1.13. The summed E-state index contributed by atoms with van der Waals surface area (Å²) < 4.78 is 15.8. The molecule has 1 N–H and O–H groups in total. The molecule has 0 saturated heterocycles. The van der Waals surface area contributed by atoms with Crippen LogP contribution in [-0.4, -0.2) is 58.9 Å². The van der Waals surface area contributed by atoms with E-state index in [2.05, 4.69) is 0 Å². The van der Waals surface area contributed by atoms with E-state index in [1.165, 1.54) is 13.8 Å². The smallest absolute Gasteiger partial charge is 0.306 e. The van der Waals surface area contributed by atoms with Crippen LogP contribution in [0, 0.1) is 0 Å². The molecule has 0 saturated carbocycles. The molecule has 35 heavy (non-hydrogen) atoms. The second kappa shape index (κ2) is 18.9. The van der Waals surface area contributed by atoms with Crippen LogP contribution in [0.4, 0.5) is 0 Å². The van der Waals surface area contributed by atoms with Crippen molar-refractivity contribution in [3.05, 3.63) is 35.9 Å². The van der Waals surface area contributed by atoms with Gasteiger partial charge in [-0.1, -0.05) is 30.3 Å². The van der Waals surface area contributed by atoms with Crippen molar-refractivity contribution in [3.63, 3.8) is 0 Å². The van der Waals surface area contributed by atoms with Crippen molar-refractivity contribution in [2.24, 2.45) is 0 Å². The summed E-state index contributed by atoms with van der Waals surface area (Å²) in [6.45, 7) is 17.4. The number of Topliss-reactive ketones (excluding diaryl/α,β-unsaturated/α-hetero) is 3. The Morgan fingerprint density at radius 2 is 1.14 bits per heavy atom. The molecular formula is C27H44O8. The summed E-state index contributed by atoms with van der Waals surface area (Å²) in [5, 5.41) is 8.41. The van der Waals surface area contributed by atoms with E-state index in [0.717, 1.165) is 5.56 Å². The van der Waals surface area contributed by atoms with Crippen LogP contribution < -0.4 is 0 Å². The van der Waals surface area contributed by atoms with Gasteiger partial charge in [-0.25, -0.2) is 0 Å². The number of benzene rings is 1. The summed E-state index contributed by atoms with van der Waals surface area (Å²) in [6.07, 6.45) is -1.65. The molecule has 0 aliphatic heterocycles. The lowest BCUT2D eigenvalue weighted by molar-refractivity contribution is -0.146. The first-order valence-corrected chi connectivity index (χ1v) is 11.8. The molecular weight excluding hydrogens is 452 g/mol. The van der Waals surface area contributed by atoms with Crippen molar-refractivity contribution in [3.8, 4) is 0 Å². The van der Waals surface area contributed by atoms with E-state index < -0.39 is 18.2 Å². The van der Waals surface area contributed by atoms with Gasteiger partial charge in [-0.05, 0) is 74.8 Å². The van der Waals surface area contributed by atoms with E-state index in [0.29, 0.717) is 0 Å². The Hall–Kier alpha value is -2.42. The van der Waals surface area contributed by atoms with Crippen LogP contribution in [0.1, 0.15) is 87.3 Å². The second-order valence-corrected chi connectivity index (χ2v) is 8.91. The molecule has 0 bridgehead atoms. The molecule has 0 aliphatic carbocycles. The number of carbonyl (C=O) groups is 4. The minimum absolute atomic E-state index is 0.0462. The first-order chi connectivity index (χ1) is 16.1. The van der Waals surface area contributed by atoms with E-state index >= 15 is 0 Å². The number of ether oxygens (including phenoxy) is 3. The number of carboxylic acids is 1. The predicted octanol–water partition coefficient (Wildman–Crippen LogP) is 4.97. The van der Waals surface area contributed by atoms with Gasteiger partial charge in [0.2, 0.25) is 0 Å². The fourth-order valence-corrected chi connectivity index (χ4v) is 2.59. The van der Waals surface area contributed by atoms with Gasteiger partial charge in [0, 0.05) is 0 Å². The summed E-state index contributed by atoms with van der Waals surface area (Å²) in [7, 11) is 0. The van der Waals surface area contributed by atoms with Gasteiger partial charge in [-0.3, -0.25) is 19.2 Å². The topological polar surface area (TPSA) is 116 Å². The van der Waals surface area contributed by atoms with Crippen LogP contribution in [-0.2, 0) is 33.4 Å². The Bertz CT molecular complexity index is 756. The Labute approximate surface area is 210 Å². The third-order valence-electron chi connectivity index (χ3n) is 4.18. The van der Waals surface area contributed by atoms with Crippen LogP contribution in [0.15, 0.2) is 30.3 Å². The summed E-state index contributed by atoms with van der Waals surface area (Å²) in [4.78, 5) is 43.0. The summed E-state index contributed by atoms with van der Waals surface area (Å²) in [6, 6.07) is 9.57. The van der Waals surface area contributed by atoms with Gasteiger partial charge < -0.3 is 19.3 Å². The molecule has 1 rings (SSSR count). The summed E-state index contributed by atoms with van der Waals surface area (Å²) >= 11 is 0. The molecule has 0 radical (unpaired) electrons. The fraction of sp³-hybridized carbons (Fsp3) is 0.630. The Morgan fingerprint density at radius 1 is 0.686 bits per heavy atom. The zero-order chi connectivity index (χ0) is 27.7. The Kier molecular flexibility index (Phi) is 18.7. The quantitative estimate of drug-likeness (QED) is 0.431. The molecule has 1 aromatic carbocycles. The van der Waals surface area contributed by atoms with Crippen molar-refractivity contribution in [2.45, 2.75) is 112 Å². The van der Waals surface area contributed by atoms with Crippen LogP contribution >= 0.6 is 0 Å². The first-order valence-electron chi connectivity index (χ1n) is 11.8. The highest BCUT2D eigenvalue weighted by atomic mass is 16.5. The monoisotopic (exact) mass is 496 g/mol. The van der Waals surface area contributed by atoms with Gasteiger partial charge in [0.05, 0.1) is 24.7 Å². The van der Waals surface area contributed by atoms with E-state index in [-0.39, 0.29) is 48.2 Å². The van der Waals surface area contributed by atoms with Crippen LogP contribution in [0.3, 0.4) is 0 Å². The predicted molar refractivity (Wildman–Crippen MR) is 135 cm³/mol. The molecule has 8 heteroatoms. The number of carbonyl (C=O) groups excluding carboxylic acids is 3. The number of hydrogen-bond acceptors (Lipinski definition) is 7. The maximum absolute atomic E-state index is 11.4. The molecule has 3 unspecified atom stereocenters. The van der Waals surface area contributed by atoms with Crippen molar-refractivity contribution in [1.29, 1.82) is 0 Å². The van der Waals surface area contributed by atoms with Crippen LogP contribution in [0.25, 0.3) is 0 Å². The largest absolute Gasteiger partial charge is 0.481 e. The normalized spacial score (nSPS) is 13.2. The molecule has 8 nitrogen and oxygen atoms in total. The van der Waals surface area contributed by atoms with Crippen LogP contribution in [0.2, 0.25) is 0 Å². The molecule has 0 heterocycles. The van der Waals surface area contributed by atoms with Gasteiger partial charge in [0.25, 0.3) is 0 Å². The third kappa shape index (κ3) is 19.6. The zero-order valence-corrected chi connectivity index (χ0v) is 22.9. The lowest BCUT2D eigenvalue weighted by Crippen LogP contribution is -2.27. The van der Waals surface area contributed by atoms with Gasteiger partial charge >= 0.3 is 5.97 Å². The van der Waals surface area contributed by atoms with E-state index in [4.69, 9.17) is 19.3 Å². The van der Waals surface area contributed by atoms with Crippen molar-refractivity contribution in [1.82, 2.24) is 0 Å². The maximum Gasteiger partial charge on any atom is 0.306 e. The van der Waals surface area contributed by atoms with E-state index in [9.17, 15) is 19.2 Å². The molecule has 3 atom stereocenters. The molecule has 0 aliphatic rings. The highest BCUT2D eigenvalue weighted by Gasteiger charge is 2.19. The Morgan fingerprint density at radius 3 is 1.43 bits per heavy atom. The molecule has 200 valence electrons. The van der Waals surface area contributed by atoms with Gasteiger partial charge in [0.1, 0.15) is 18.3 Å². The number of rotatable bonds is 12. The highest BCUT2D eigenvalue weighted by Crippen LogP contribution is 2.19. The van der Waals surface area contributed by atoms with Gasteiger partial charge in [-0.15, -0.1) is 0 Å². The lowest BCUT2D eigenvalue weighted by Gasteiger charge is -2.17. The average Bonchev–Trinajstić information content (AvgIpc) is 2.71. The highest BCUT2D eigenvalue weighted by molar-refractivity contribution is 5.85. The molecule has 0 amide bonds. The number of aliphatic carboxylic acids is 1. The average molecular weight is 497 g/mol. The number of hydrogen-bond donors (Lipinski definition) is 1. The first kappa shape index (κ1) is 34.7. The number of carboxylic acid groups (broad SMARTS) is 1. The second-order valence-electron chi connectivity index (χ2n) is 8.91. The minimum atomic E-state index is -1.02. The van der Waals surface area contributed by atoms with E-state index in [1.807, 2.05) is 58.0 Å². The fourth-order valence-electron chi connectivity index (χ4n) is 2.59. The third-order valence-corrected chi connectivity index (χ3v) is 4.18. The van der Waals surface area contributed by atoms with Crippen molar-refractivity contribution in [2.75, 3.05) is 0 Å². The minimum Gasteiger partial charge on any atom is -0.481 e. The zero-order valence-electron chi connectivity index (χ0n) is 22.9. The Balaban J connectivity index is 0. The number of ketones is 3. The van der Waals surface area contributed by atoms with Crippen molar-refractivity contribution >= 4 is 23.3 Å². The standard InChI is InChI=1S/C12H16O2.C8H14O4.C7H14O2/c1-9(2)14-12(10(3)13)11-7-5-4-6-8-11;1-5(2)12-7(6(3)9)4-8(10)11;1-5(2)9-7(4)6(3)8/h4-9,12H,1-3H3;5,7H,4H2,1-3H3,(H,10,11);5,7H,1-4H3. The molecule has 1 aromatic rings. The molecule has 0 spiro atoms. The van der Waals surface area contributed by atoms with Crippen LogP contribution in [0.5, 0.6) is 0 Å². The maximum atomic E-state index is 11.4. The molecule has 0 aromatic heterocycles. The van der Waals surface area contributed by atoms with Gasteiger partial charge in [0.15, 0.2) is 17.3 Å². The van der Waals surface area contributed by atoms with E-state index in [1.54, 1.807) is 27.7 Å².